The molecule has 0 aromatic carbocycles. The summed E-state index contributed by atoms with van der Waals surface area (Å²) in [6.45, 7) is 0. The lowest BCUT2D eigenvalue weighted by Crippen LogP contribution is -2.14. The van der Waals surface area contributed by atoms with E-state index in [4.69, 9.17) is 5.73 Å². The molecule has 0 saturated carbocycles. The number of hydrogen-bond donors (Lipinski definition) is 1. The van der Waals surface area contributed by atoms with E-state index in [1.807, 2.05) is 0 Å². The van der Waals surface area contributed by atoms with E-state index in [1.54, 1.807) is 0 Å². The molecular weight excluding hydrogens is 154 g/mol. The number of pyridine rings is 1. The molecule has 1 aromatic rings. The smallest absolute Gasteiger partial charge is 0.253 e. The van der Waals surface area contributed by atoms with Gasteiger partial charge in [-0.1, -0.05) is 0 Å². The minimum absolute atomic E-state index is 0.537. The Morgan fingerprint density at radius 1 is 1.55 bits per heavy atom. The SMILES string of the molecule is NC(=O)c1cc(F)cnc1F. The lowest BCUT2D eigenvalue weighted by molar-refractivity contribution is 0.0995. The summed E-state index contributed by atoms with van der Waals surface area (Å²) < 4.78 is 24.7. The molecule has 0 unspecified atom stereocenters. The zero-order valence-corrected chi connectivity index (χ0v) is 5.34. The fourth-order valence-electron chi connectivity index (χ4n) is 0.595. The second kappa shape index (κ2) is 2.61. The Hall–Kier alpha value is -1.52. The van der Waals surface area contributed by atoms with Gasteiger partial charge < -0.3 is 5.73 Å². The Kier molecular flexibility index (Phi) is 1.80. The first kappa shape index (κ1) is 7.59. The number of halogens is 2. The van der Waals surface area contributed by atoms with Crippen LogP contribution in [-0.4, -0.2) is 10.9 Å². The third kappa shape index (κ3) is 1.49. The highest BCUT2D eigenvalue weighted by Gasteiger charge is 2.09. The molecule has 3 nitrogen and oxygen atoms in total. The summed E-state index contributed by atoms with van der Waals surface area (Å²) >= 11 is 0. The van der Waals surface area contributed by atoms with E-state index in [0.29, 0.717) is 12.3 Å². The predicted molar refractivity (Wildman–Crippen MR) is 32.7 cm³/mol. The van der Waals surface area contributed by atoms with Crippen molar-refractivity contribution in [1.29, 1.82) is 0 Å². The van der Waals surface area contributed by atoms with Crippen LogP contribution in [0.1, 0.15) is 10.4 Å². The maximum absolute atomic E-state index is 12.4. The predicted octanol–water partition coefficient (Wildman–Crippen LogP) is 0.459. The lowest BCUT2D eigenvalue weighted by atomic mass is 10.2. The number of nitrogens with two attached hydrogens (primary N) is 1. The normalized spacial score (nSPS) is 9.64. The molecule has 1 amide bonds. The first-order chi connectivity index (χ1) is 5.11. The van der Waals surface area contributed by atoms with Gasteiger partial charge >= 0.3 is 0 Å². The van der Waals surface area contributed by atoms with E-state index < -0.39 is 23.2 Å². The summed E-state index contributed by atoms with van der Waals surface area (Å²) in [5.74, 6) is -2.88. The van der Waals surface area contributed by atoms with E-state index >= 15 is 0 Å². The molecule has 1 rings (SSSR count). The highest BCUT2D eigenvalue weighted by atomic mass is 19.1. The quantitative estimate of drug-likeness (QED) is 0.603. The number of amides is 1. The van der Waals surface area contributed by atoms with Crippen molar-refractivity contribution < 1.29 is 13.6 Å². The molecule has 0 aliphatic carbocycles. The molecule has 0 aliphatic rings. The Balaban J connectivity index is 3.23. The van der Waals surface area contributed by atoms with Gasteiger partial charge in [-0.05, 0) is 6.07 Å². The van der Waals surface area contributed by atoms with Crippen molar-refractivity contribution in [2.45, 2.75) is 0 Å². The van der Waals surface area contributed by atoms with Crippen molar-refractivity contribution in [3.05, 3.63) is 29.6 Å². The van der Waals surface area contributed by atoms with Gasteiger partial charge in [0.15, 0.2) is 0 Å². The number of aromatic nitrogens is 1. The van der Waals surface area contributed by atoms with Gasteiger partial charge in [0.25, 0.3) is 5.91 Å². The third-order valence-corrected chi connectivity index (χ3v) is 1.07. The molecule has 58 valence electrons. The van der Waals surface area contributed by atoms with Crippen LogP contribution in [0.3, 0.4) is 0 Å². The minimum Gasteiger partial charge on any atom is -0.365 e. The molecule has 0 radical (unpaired) electrons. The van der Waals surface area contributed by atoms with Gasteiger partial charge in [0.05, 0.1) is 11.8 Å². The number of rotatable bonds is 1. The minimum atomic E-state index is -1.06. The Morgan fingerprint density at radius 3 is 2.64 bits per heavy atom. The number of primary amides is 1. The van der Waals surface area contributed by atoms with Gasteiger partial charge in [-0.15, -0.1) is 0 Å². The first-order valence-electron chi connectivity index (χ1n) is 2.72. The zero-order valence-electron chi connectivity index (χ0n) is 5.34. The Bertz CT molecular complexity index is 301. The van der Waals surface area contributed by atoms with Crippen LogP contribution in [0.15, 0.2) is 12.3 Å². The second-order valence-electron chi connectivity index (χ2n) is 1.86. The molecule has 5 heteroatoms. The second-order valence-corrected chi connectivity index (χ2v) is 1.86. The standard InChI is InChI=1S/C6H4F2N2O/c7-3-1-4(6(9)11)5(8)10-2-3/h1-2H,(H2,9,11). The summed E-state index contributed by atoms with van der Waals surface area (Å²) in [5.41, 5.74) is 4.16. The van der Waals surface area contributed by atoms with Crippen LogP contribution < -0.4 is 5.73 Å². The average molecular weight is 158 g/mol. The summed E-state index contributed by atoms with van der Waals surface area (Å²) in [5, 5.41) is 0. The molecule has 0 aliphatic heterocycles. The summed E-state index contributed by atoms with van der Waals surface area (Å²) in [7, 11) is 0. The van der Waals surface area contributed by atoms with E-state index in [0.717, 1.165) is 0 Å². The van der Waals surface area contributed by atoms with Gasteiger partial charge in [0.1, 0.15) is 5.82 Å². The van der Waals surface area contributed by atoms with Crippen LogP contribution in [0.2, 0.25) is 0 Å². The molecule has 11 heavy (non-hydrogen) atoms. The molecule has 0 spiro atoms. The first-order valence-corrected chi connectivity index (χ1v) is 2.72. The van der Waals surface area contributed by atoms with E-state index in [9.17, 15) is 13.6 Å². The van der Waals surface area contributed by atoms with E-state index in [2.05, 4.69) is 4.98 Å². The molecule has 1 aromatic heterocycles. The maximum atomic E-state index is 12.4. The molecular formula is C6H4F2N2O. The highest BCUT2D eigenvalue weighted by molar-refractivity contribution is 5.92. The number of nitrogens with zero attached hydrogens (tertiary/aromatic N) is 1. The van der Waals surface area contributed by atoms with Crippen molar-refractivity contribution >= 4 is 5.91 Å². The van der Waals surface area contributed by atoms with Crippen LogP contribution in [0.25, 0.3) is 0 Å². The Labute approximate surface area is 60.8 Å². The Morgan fingerprint density at radius 2 is 2.18 bits per heavy atom. The lowest BCUT2D eigenvalue weighted by Gasteiger charge is -1.95. The van der Waals surface area contributed by atoms with Crippen LogP contribution in [0.4, 0.5) is 8.78 Å². The van der Waals surface area contributed by atoms with Gasteiger partial charge in [-0.3, -0.25) is 4.79 Å². The van der Waals surface area contributed by atoms with Gasteiger partial charge in [-0.2, -0.15) is 4.39 Å². The molecule has 0 atom stereocenters. The largest absolute Gasteiger partial charge is 0.365 e. The van der Waals surface area contributed by atoms with Gasteiger partial charge in [-0.25, -0.2) is 9.37 Å². The van der Waals surface area contributed by atoms with Crippen molar-refractivity contribution in [1.82, 2.24) is 4.98 Å². The molecule has 0 fully saturated rings. The number of carbonyl (C=O) groups is 1. The molecule has 0 saturated heterocycles. The molecule has 1 heterocycles. The fraction of sp³-hybridized carbons (Fsp3) is 0. The fourth-order valence-corrected chi connectivity index (χ4v) is 0.595. The highest BCUT2D eigenvalue weighted by Crippen LogP contribution is 2.04. The third-order valence-electron chi connectivity index (χ3n) is 1.07. The van der Waals surface area contributed by atoms with E-state index in [1.165, 1.54) is 0 Å². The topological polar surface area (TPSA) is 56.0 Å². The molecule has 2 N–H and O–H groups in total. The monoisotopic (exact) mass is 158 g/mol. The van der Waals surface area contributed by atoms with Crippen LogP contribution >= 0.6 is 0 Å². The summed E-state index contributed by atoms with van der Waals surface area (Å²) in [4.78, 5) is 13.3. The van der Waals surface area contributed by atoms with Crippen molar-refractivity contribution in [3.8, 4) is 0 Å². The zero-order chi connectivity index (χ0) is 8.43. The molecule has 0 bridgehead atoms. The summed E-state index contributed by atoms with van der Waals surface area (Å²) in [6.07, 6.45) is 0.668. The van der Waals surface area contributed by atoms with Crippen LogP contribution in [-0.2, 0) is 0 Å². The van der Waals surface area contributed by atoms with E-state index in [-0.39, 0.29) is 0 Å². The van der Waals surface area contributed by atoms with Crippen LogP contribution in [0, 0.1) is 11.8 Å². The van der Waals surface area contributed by atoms with Crippen LogP contribution in [0.5, 0.6) is 0 Å². The number of hydrogen-bond acceptors (Lipinski definition) is 2. The van der Waals surface area contributed by atoms with Crippen molar-refractivity contribution in [3.63, 3.8) is 0 Å². The van der Waals surface area contributed by atoms with Crippen molar-refractivity contribution in [2.75, 3.05) is 0 Å². The average Bonchev–Trinajstić information content (AvgIpc) is 1.94. The van der Waals surface area contributed by atoms with Crippen molar-refractivity contribution in [2.24, 2.45) is 5.73 Å². The number of carbonyl (C=O) groups excluding carboxylic acids is 1. The summed E-state index contributed by atoms with van der Waals surface area (Å²) in [6, 6.07) is 0.699. The van der Waals surface area contributed by atoms with Gasteiger partial charge in [0.2, 0.25) is 5.95 Å². The maximum Gasteiger partial charge on any atom is 0.253 e. The van der Waals surface area contributed by atoms with Gasteiger partial charge in [0, 0.05) is 0 Å².